The Labute approximate surface area is 203 Å². The quantitative estimate of drug-likeness (QED) is 0.547. The first-order valence-electron chi connectivity index (χ1n) is 11.4. The first-order valence-corrected chi connectivity index (χ1v) is 11.4. The van der Waals surface area contributed by atoms with Crippen molar-refractivity contribution in [2.45, 2.75) is 38.9 Å². The van der Waals surface area contributed by atoms with Crippen LogP contribution in [-0.2, 0) is 24.3 Å². The number of aryl methyl sites for hydroxylation is 1. The Morgan fingerprint density at radius 2 is 1.71 bits per heavy atom. The Balaban J connectivity index is 1.41. The van der Waals surface area contributed by atoms with Gasteiger partial charge in [-0.05, 0) is 43.5 Å². The molecule has 1 unspecified atom stereocenters. The maximum atomic E-state index is 13.1. The summed E-state index contributed by atoms with van der Waals surface area (Å²) in [5, 5.41) is 9.96. The lowest BCUT2D eigenvalue weighted by atomic mass is 9.96. The number of fused-ring (bicyclic) bond motifs is 1. The molecule has 1 aliphatic rings. The standard InChI is InChI=1S/C26H28FN5O3/c1-17-4-6-18(7-5-17)12-13-28-23(33)21-14-22-24(34)31(3)26(2,16-32(22)30-21)25(35)29-15-19-8-10-20(27)11-9-19/h4-11,14H,12-13,15-16H2,1-3H3,(H,28,33)(H,29,35). The smallest absolute Gasteiger partial charge is 0.272 e. The number of halogens is 1. The Bertz CT molecular complexity index is 1250. The highest BCUT2D eigenvalue weighted by molar-refractivity contribution is 6.01. The molecule has 2 heterocycles. The molecular weight excluding hydrogens is 449 g/mol. The minimum atomic E-state index is -1.21. The molecule has 0 aliphatic carbocycles. The van der Waals surface area contributed by atoms with E-state index < -0.39 is 11.4 Å². The maximum Gasteiger partial charge on any atom is 0.272 e. The average molecular weight is 478 g/mol. The largest absolute Gasteiger partial charge is 0.350 e. The lowest BCUT2D eigenvalue weighted by Crippen LogP contribution is -2.62. The van der Waals surface area contributed by atoms with Crippen LogP contribution in [0, 0.1) is 12.7 Å². The van der Waals surface area contributed by atoms with Gasteiger partial charge in [0.2, 0.25) is 5.91 Å². The number of hydrogen-bond acceptors (Lipinski definition) is 4. The predicted molar refractivity (Wildman–Crippen MR) is 128 cm³/mol. The number of likely N-dealkylation sites (N-methyl/N-ethyl adjacent to an activating group) is 1. The van der Waals surface area contributed by atoms with Gasteiger partial charge in [-0.25, -0.2) is 4.39 Å². The van der Waals surface area contributed by atoms with E-state index in [-0.39, 0.29) is 42.1 Å². The Hall–Kier alpha value is -4.01. The zero-order chi connectivity index (χ0) is 25.2. The molecule has 1 aromatic heterocycles. The number of nitrogens with one attached hydrogen (secondary N) is 2. The molecule has 1 aliphatic heterocycles. The van der Waals surface area contributed by atoms with Gasteiger partial charge in [0, 0.05) is 26.2 Å². The summed E-state index contributed by atoms with van der Waals surface area (Å²) in [4.78, 5) is 40.1. The first-order chi connectivity index (χ1) is 16.7. The number of carbonyl (C=O) groups is 3. The molecule has 8 nitrogen and oxygen atoms in total. The average Bonchev–Trinajstić information content (AvgIpc) is 3.27. The number of nitrogens with zero attached hydrogens (tertiary/aromatic N) is 3. The molecule has 2 N–H and O–H groups in total. The molecule has 0 radical (unpaired) electrons. The minimum Gasteiger partial charge on any atom is -0.350 e. The fourth-order valence-corrected chi connectivity index (χ4v) is 3.98. The molecule has 3 aromatic rings. The summed E-state index contributed by atoms with van der Waals surface area (Å²) in [5.41, 5.74) is 2.18. The van der Waals surface area contributed by atoms with Gasteiger partial charge in [-0.2, -0.15) is 5.10 Å². The topological polar surface area (TPSA) is 96.3 Å². The highest BCUT2D eigenvalue weighted by Gasteiger charge is 2.46. The van der Waals surface area contributed by atoms with E-state index in [1.807, 2.05) is 31.2 Å². The summed E-state index contributed by atoms with van der Waals surface area (Å²) in [7, 11) is 1.55. The van der Waals surface area contributed by atoms with E-state index in [1.54, 1.807) is 26.1 Å². The SMILES string of the molecule is Cc1ccc(CCNC(=O)c2cc3n(n2)CC(C)(C(=O)NCc2ccc(F)cc2)N(C)C3=O)cc1. The molecule has 2 aromatic carbocycles. The fourth-order valence-electron chi connectivity index (χ4n) is 3.98. The van der Waals surface area contributed by atoms with E-state index in [9.17, 15) is 18.8 Å². The number of benzene rings is 2. The van der Waals surface area contributed by atoms with Gasteiger partial charge in [0.05, 0.1) is 6.54 Å². The number of carbonyl (C=O) groups excluding carboxylic acids is 3. The molecule has 0 saturated carbocycles. The molecule has 182 valence electrons. The summed E-state index contributed by atoms with van der Waals surface area (Å²) in [5.74, 6) is -1.51. The van der Waals surface area contributed by atoms with Gasteiger partial charge in [0.1, 0.15) is 17.1 Å². The predicted octanol–water partition coefficient (Wildman–Crippen LogP) is 2.46. The van der Waals surface area contributed by atoms with Crippen molar-refractivity contribution in [3.8, 4) is 0 Å². The summed E-state index contributed by atoms with van der Waals surface area (Å²) in [6.45, 7) is 4.39. The molecular formula is C26H28FN5O3. The van der Waals surface area contributed by atoms with Crippen LogP contribution in [0.3, 0.4) is 0 Å². The molecule has 35 heavy (non-hydrogen) atoms. The zero-order valence-corrected chi connectivity index (χ0v) is 20.0. The van der Waals surface area contributed by atoms with Crippen molar-refractivity contribution in [2.75, 3.05) is 13.6 Å². The number of amides is 3. The van der Waals surface area contributed by atoms with E-state index in [2.05, 4.69) is 15.7 Å². The summed E-state index contributed by atoms with van der Waals surface area (Å²) >= 11 is 0. The van der Waals surface area contributed by atoms with Gasteiger partial charge in [-0.3, -0.25) is 19.1 Å². The van der Waals surface area contributed by atoms with Gasteiger partial charge >= 0.3 is 0 Å². The van der Waals surface area contributed by atoms with E-state index in [1.165, 1.54) is 33.3 Å². The number of rotatable bonds is 7. The van der Waals surface area contributed by atoms with Crippen LogP contribution >= 0.6 is 0 Å². The lowest BCUT2D eigenvalue weighted by Gasteiger charge is -2.40. The molecule has 4 rings (SSSR count). The third-order valence-corrected chi connectivity index (χ3v) is 6.41. The Kier molecular flexibility index (Phi) is 6.68. The fraction of sp³-hybridized carbons (Fsp3) is 0.308. The van der Waals surface area contributed by atoms with E-state index in [0.29, 0.717) is 13.0 Å². The second-order valence-electron chi connectivity index (χ2n) is 9.01. The third kappa shape index (κ3) is 5.08. The van der Waals surface area contributed by atoms with E-state index in [0.717, 1.165) is 11.1 Å². The van der Waals surface area contributed by atoms with Crippen molar-refractivity contribution in [3.05, 3.63) is 88.5 Å². The lowest BCUT2D eigenvalue weighted by molar-refractivity contribution is -0.132. The monoisotopic (exact) mass is 477 g/mol. The van der Waals surface area contributed by atoms with Gasteiger partial charge in [0.25, 0.3) is 11.8 Å². The van der Waals surface area contributed by atoms with Crippen LogP contribution in [-0.4, -0.2) is 51.5 Å². The van der Waals surface area contributed by atoms with Gasteiger partial charge < -0.3 is 15.5 Å². The van der Waals surface area contributed by atoms with Gasteiger partial charge in [0.15, 0.2) is 5.69 Å². The van der Waals surface area contributed by atoms with Crippen LogP contribution in [0.5, 0.6) is 0 Å². The molecule has 1 atom stereocenters. The van der Waals surface area contributed by atoms with Crippen molar-refractivity contribution < 1.29 is 18.8 Å². The van der Waals surface area contributed by atoms with Crippen LogP contribution in [0.2, 0.25) is 0 Å². The minimum absolute atomic E-state index is 0.0937. The molecule has 3 amide bonds. The van der Waals surface area contributed by atoms with E-state index >= 15 is 0 Å². The maximum absolute atomic E-state index is 13.1. The summed E-state index contributed by atoms with van der Waals surface area (Å²) in [6, 6.07) is 15.4. The first kappa shape index (κ1) is 24.1. The molecule has 0 spiro atoms. The second kappa shape index (κ2) is 9.69. The Morgan fingerprint density at radius 3 is 2.40 bits per heavy atom. The Morgan fingerprint density at radius 1 is 1.06 bits per heavy atom. The van der Waals surface area contributed by atoms with Crippen LogP contribution < -0.4 is 10.6 Å². The van der Waals surface area contributed by atoms with Crippen LogP contribution in [0.1, 0.15) is 44.6 Å². The van der Waals surface area contributed by atoms with Crippen molar-refractivity contribution in [3.63, 3.8) is 0 Å². The van der Waals surface area contributed by atoms with Gasteiger partial charge in [-0.1, -0.05) is 42.0 Å². The van der Waals surface area contributed by atoms with Crippen LogP contribution in [0.25, 0.3) is 0 Å². The molecule has 0 bridgehead atoms. The highest BCUT2D eigenvalue weighted by atomic mass is 19.1. The van der Waals surface area contributed by atoms with E-state index in [4.69, 9.17) is 0 Å². The zero-order valence-electron chi connectivity index (χ0n) is 20.0. The number of hydrogen-bond donors (Lipinski definition) is 2. The number of aromatic nitrogens is 2. The third-order valence-electron chi connectivity index (χ3n) is 6.41. The normalized spacial score (nSPS) is 17.1. The van der Waals surface area contributed by atoms with Crippen LogP contribution in [0.4, 0.5) is 4.39 Å². The van der Waals surface area contributed by atoms with Crippen molar-refractivity contribution in [2.24, 2.45) is 0 Å². The second-order valence-corrected chi connectivity index (χ2v) is 9.01. The van der Waals surface area contributed by atoms with Gasteiger partial charge in [-0.15, -0.1) is 0 Å². The highest BCUT2D eigenvalue weighted by Crippen LogP contribution is 2.26. The summed E-state index contributed by atoms with van der Waals surface area (Å²) in [6.07, 6.45) is 0.674. The van der Waals surface area contributed by atoms with Crippen LogP contribution in [0.15, 0.2) is 54.6 Å². The molecule has 0 fully saturated rings. The molecule has 9 heteroatoms. The van der Waals surface area contributed by atoms with Crippen molar-refractivity contribution in [1.82, 2.24) is 25.3 Å². The summed E-state index contributed by atoms with van der Waals surface area (Å²) < 4.78 is 14.5. The van der Waals surface area contributed by atoms with Crippen molar-refractivity contribution in [1.29, 1.82) is 0 Å². The molecule has 0 saturated heterocycles. The van der Waals surface area contributed by atoms with Crippen molar-refractivity contribution >= 4 is 17.7 Å².